The normalized spacial score (nSPS) is 19.6. The fraction of sp³-hybridized carbons (Fsp3) is 0.500. The number of phenols is 1. The second kappa shape index (κ2) is 5.10. The molecule has 1 fully saturated rings. The van der Waals surface area contributed by atoms with Gasteiger partial charge in [-0.05, 0) is 31.9 Å². The number of nitrogens with one attached hydrogen (secondary N) is 1. The van der Waals surface area contributed by atoms with Crippen LogP contribution in [-0.2, 0) is 6.42 Å². The molecule has 0 aromatic heterocycles. The highest BCUT2D eigenvalue weighted by Crippen LogP contribution is 2.37. The lowest BCUT2D eigenvalue weighted by Gasteiger charge is -2.14. The molecule has 0 bridgehead atoms. The Hall–Kier alpha value is -1.00. The third-order valence-electron chi connectivity index (χ3n) is 3.06. The van der Waals surface area contributed by atoms with Gasteiger partial charge in [-0.2, -0.15) is 4.39 Å². The number of halogens is 2. The summed E-state index contributed by atoms with van der Waals surface area (Å²) >= 11 is 5.90. The molecule has 0 amide bonds. The molecule has 17 heavy (non-hydrogen) atoms. The van der Waals surface area contributed by atoms with Crippen LogP contribution in [-0.4, -0.2) is 24.8 Å². The van der Waals surface area contributed by atoms with E-state index in [1.54, 1.807) is 6.07 Å². The number of rotatable bonds is 3. The van der Waals surface area contributed by atoms with Gasteiger partial charge in [-0.15, -0.1) is 0 Å². The Bertz CT molecular complexity index is 419. The van der Waals surface area contributed by atoms with Gasteiger partial charge in [0.1, 0.15) is 0 Å². The van der Waals surface area contributed by atoms with E-state index in [0.717, 1.165) is 19.4 Å². The van der Waals surface area contributed by atoms with Crippen LogP contribution in [0, 0.1) is 5.82 Å². The smallest absolute Gasteiger partial charge is 0.208 e. The van der Waals surface area contributed by atoms with Gasteiger partial charge in [0.25, 0.3) is 0 Å². The third-order valence-corrected chi connectivity index (χ3v) is 3.34. The fourth-order valence-corrected chi connectivity index (χ4v) is 2.47. The molecular formula is C12H15ClFNO2. The molecule has 1 aliphatic rings. The number of ether oxygens (including phenoxy) is 1. The van der Waals surface area contributed by atoms with Crippen LogP contribution in [0.25, 0.3) is 0 Å². The Labute approximate surface area is 105 Å². The quantitative estimate of drug-likeness (QED) is 0.876. The van der Waals surface area contributed by atoms with Gasteiger partial charge in [0.2, 0.25) is 5.82 Å². The molecule has 5 heteroatoms. The Morgan fingerprint density at radius 3 is 3.00 bits per heavy atom. The molecule has 94 valence electrons. The summed E-state index contributed by atoms with van der Waals surface area (Å²) in [5.41, 5.74) is 0.521. The molecule has 1 aromatic rings. The SMILES string of the molecule is COc1c(Cl)cc(CC2CCCN2)c(O)c1F. The average molecular weight is 260 g/mol. The zero-order chi connectivity index (χ0) is 12.4. The molecule has 1 saturated heterocycles. The minimum atomic E-state index is -0.784. The van der Waals surface area contributed by atoms with Gasteiger partial charge in [-0.3, -0.25) is 0 Å². The van der Waals surface area contributed by atoms with E-state index in [0.29, 0.717) is 12.0 Å². The molecule has 1 atom stereocenters. The number of aromatic hydroxyl groups is 1. The predicted molar refractivity (Wildman–Crippen MR) is 64.4 cm³/mol. The van der Waals surface area contributed by atoms with Crippen molar-refractivity contribution < 1.29 is 14.2 Å². The summed E-state index contributed by atoms with van der Waals surface area (Å²) in [4.78, 5) is 0. The van der Waals surface area contributed by atoms with E-state index in [9.17, 15) is 9.50 Å². The summed E-state index contributed by atoms with van der Waals surface area (Å²) in [7, 11) is 1.32. The summed E-state index contributed by atoms with van der Waals surface area (Å²) in [6, 6.07) is 1.85. The molecule has 0 saturated carbocycles. The van der Waals surface area contributed by atoms with E-state index >= 15 is 0 Å². The van der Waals surface area contributed by atoms with Crippen LogP contribution < -0.4 is 10.1 Å². The summed E-state index contributed by atoms with van der Waals surface area (Å²) in [6.07, 6.45) is 2.72. The van der Waals surface area contributed by atoms with E-state index in [4.69, 9.17) is 16.3 Å². The van der Waals surface area contributed by atoms with Crippen molar-refractivity contribution in [3.8, 4) is 11.5 Å². The van der Waals surface area contributed by atoms with Crippen LogP contribution in [0.3, 0.4) is 0 Å². The first-order valence-electron chi connectivity index (χ1n) is 5.60. The van der Waals surface area contributed by atoms with E-state index in [-0.39, 0.29) is 22.6 Å². The van der Waals surface area contributed by atoms with E-state index in [1.165, 1.54) is 7.11 Å². The molecule has 0 aliphatic carbocycles. The summed E-state index contributed by atoms with van der Waals surface area (Å²) in [5, 5.41) is 13.2. The Kier molecular flexibility index (Phi) is 3.74. The molecule has 2 rings (SSSR count). The van der Waals surface area contributed by atoms with Gasteiger partial charge in [0.15, 0.2) is 11.5 Å². The Morgan fingerprint density at radius 2 is 2.41 bits per heavy atom. The van der Waals surface area contributed by atoms with Crippen molar-refractivity contribution in [2.24, 2.45) is 0 Å². The molecule has 1 unspecified atom stereocenters. The van der Waals surface area contributed by atoms with E-state index in [2.05, 4.69) is 5.32 Å². The third kappa shape index (κ3) is 2.48. The molecule has 1 aromatic carbocycles. The van der Waals surface area contributed by atoms with Crippen molar-refractivity contribution in [1.82, 2.24) is 5.32 Å². The minimum absolute atomic E-state index is 0.104. The van der Waals surface area contributed by atoms with Gasteiger partial charge in [-0.1, -0.05) is 11.6 Å². The van der Waals surface area contributed by atoms with Gasteiger partial charge < -0.3 is 15.2 Å². The topological polar surface area (TPSA) is 41.5 Å². The molecule has 3 nitrogen and oxygen atoms in total. The fourth-order valence-electron chi connectivity index (χ4n) is 2.18. The maximum Gasteiger partial charge on any atom is 0.208 e. The zero-order valence-corrected chi connectivity index (χ0v) is 10.4. The zero-order valence-electron chi connectivity index (χ0n) is 9.59. The number of methoxy groups -OCH3 is 1. The molecule has 1 aliphatic heterocycles. The van der Waals surface area contributed by atoms with E-state index in [1.807, 2.05) is 0 Å². The molecule has 2 N–H and O–H groups in total. The Balaban J connectivity index is 2.28. The minimum Gasteiger partial charge on any atom is -0.505 e. The average Bonchev–Trinajstić information content (AvgIpc) is 2.79. The molecular weight excluding hydrogens is 245 g/mol. The first-order chi connectivity index (χ1) is 8.13. The van der Waals surface area contributed by atoms with Gasteiger partial charge in [0.05, 0.1) is 12.1 Å². The number of hydrogen-bond donors (Lipinski definition) is 2. The number of hydrogen-bond acceptors (Lipinski definition) is 3. The highest BCUT2D eigenvalue weighted by Gasteiger charge is 2.21. The second-order valence-corrected chi connectivity index (χ2v) is 4.62. The van der Waals surface area contributed by atoms with E-state index < -0.39 is 5.82 Å². The van der Waals surface area contributed by atoms with Gasteiger partial charge in [-0.25, -0.2) is 0 Å². The molecule has 0 radical (unpaired) electrons. The number of phenolic OH excluding ortho intramolecular Hbond substituents is 1. The maximum absolute atomic E-state index is 13.7. The maximum atomic E-state index is 13.7. The largest absolute Gasteiger partial charge is 0.505 e. The van der Waals surface area contributed by atoms with Crippen molar-refractivity contribution in [3.63, 3.8) is 0 Å². The lowest BCUT2D eigenvalue weighted by Crippen LogP contribution is -2.23. The highest BCUT2D eigenvalue weighted by molar-refractivity contribution is 6.32. The van der Waals surface area contributed by atoms with Crippen molar-refractivity contribution in [1.29, 1.82) is 0 Å². The Morgan fingerprint density at radius 1 is 1.65 bits per heavy atom. The predicted octanol–water partition coefficient (Wildman–Crippen LogP) is 2.49. The second-order valence-electron chi connectivity index (χ2n) is 4.21. The molecule has 0 spiro atoms. The first kappa shape index (κ1) is 12.5. The summed E-state index contributed by atoms with van der Waals surface area (Å²) in [5.74, 6) is -1.25. The first-order valence-corrected chi connectivity index (χ1v) is 5.98. The standard InChI is InChI=1S/C12H15ClFNO2/c1-17-12-9(13)6-7(11(16)10(12)14)5-8-3-2-4-15-8/h6,8,15-16H,2-5H2,1H3. The lowest BCUT2D eigenvalue weighted by atomic mass is 10.0. The van der Waals surface area contributed by atoms with Crippen molar-refractivity contribution in [3.05, 3.63) is 22.5 Å². The molecule has 1 heterocycles. The number of benzene rings is 1. The lowest BCUT2D eigenvalue weighted by molar-refractivity contribution is 0.361. The van der Waals surface area contributed by atoms with Crippen LogP contribution >= 0.6 is 11.6 Å². The van der Waals surface area contributed by atoms with Crippen LogP contribution in [0.5, 0.6) is 11.5 Å². The van der Waals surface area contributed by atoms with Crippen molar-refractivity contribution >= 4 is 11.6 Å². The van der Waals surface area contributed by atoms with Crippen LogP contribution in [0.2, 0.25) is 5.02 Å². The van der Waals surface area contributed by atoms with Crippen molar-refractivity contribution in [2.75, 3.05) is 13.7 Å². The van der Waals surface area contributed by atoms with Crippen molar-refractivity contribution in [2.45, 2.75) is 25.3 Å². The van der Waals surface area contributed by atoms with Crippen LogP contribution in [0.1, 0.15) is 18.4 Å². The van der Waals surface area contributed by atoms with Gasteiger partial charge >= 0.3 is 0 Å². The highest BCUT2D eigenvalue weighted by atomic mass is 35.5. The van der Waals surface area contributed by atoms with Crippen LogP contribution in [0.15, 0.2) is 6.07 Å². The van der Waals surface area contributed by atoms with Gasteiger partial charge in [0, 0.05) is 11.6 Å². The van der Waals surface area contributed by atoms with Crippen LogP contribution in [0.4, 0.5) is 4.39 Å². The summed E-state index contributed by atoms with van der Waals surface area (Å²) in [6.45, 7) is 0.970. The monoisotopic (exact) mass is 259 g/mol. The summed E-state index contributed by atoms with van der Waals surface area (Å²) < 4.78 is 18.5.